The molecule has 0 unspecified atom stereocenters. The van der Waals surface area contributed by atoms with Crippen LogP contribution < -0.4 is 4.74 Å². The van der Waals surface area contributed by atoms with Crippen LogP contribution in [0.25, 0.3) is 11.4 Å². The molecule has 5 rings (SSSR count). The molecule has 3 aromatic carbocycles. The Kier molecular flexibility index (Phi) is 7.91. The molecule has 0 bridgehead atoms. The van der Waals surface area contributed by atoms with Gasteiger partial charge in [-0.15, -0.1) is 11.3 Å². The first kappa shape index (κ1) is 25.8. The standard InChI is InChI=1S/C31H28ClN3O2S/c1-22-25(31(36)34(2)18-23-11-5-3-6-12-23)17-28(35(22)19-24-13-7-4-8-14-24)27-21-38-30(33-27)20-37-29-16-10-9-15-26(29)32/h3-17,21H,18-20H2,1-2H3. The Hall–Kier alpha value is -3.87. The molecule has 5 nitrogen and oxygen atoms in total. The van der Waals surface area contributed by atoms with Crippen molar-refractivity contribution in [3.05, 3.63) is 129 Å². The monoisotopic (exact) mass is 541 g/mol. The molecule has 2 heterocycles. The normalized spacial score (nSPS) is 10.9. The number of hydrogen-bond donors (Lipinski definition) is 0. The second kappa shape index (κ2) is 11.7. The number of carbonyl (C=O) groups is 1. The molecule has 192 valence electrons. The van der Waals surface area contributed by atoms with Gasteiger partial charge in [0.05, 0.1) is 22.0 Å². The fourth-order valence-corrected chi connectivity index (χ4v) is 5.26. The number of ether oxygens (including phenoxy) is 1. The van der Waals surface area contributed by atoms with Crippen molar-refractivity contribution in [2.75, 3.05) is 7.05 Å². The highest BCUT2D eigenvalue weighted by molar-refractivity contribution is 7.09. The third kappa shape index (κ3) is 5.82. The lowest BCUT2D eigenvalue weighted by atomic mass is 10.1. The van der Waals surface area contributed by atoms with Crippen molar-refractivity contribution < 1.29 is 9.53 Å². The lowest BCUT2D eigenvalue weighted by Crippen LogP contribution is -2.26. The zero-order valence-corrected chi connectivity index (χ0v) is 22.9. The number of nitrogens with zero attached hydrogens (tertiary/aromatic N) is 3. The van der Waals surface area contributed by atoms with Crippen LogP contribution in [0.3, 0.4) is 0 Å². The van der Waals surface area contributed by atoms with Gasteiger partial charge in [-0.2, -0.15) is 0 Å². The van der Waals surface area contributed by atoms with Crippen LogP contribution in [0, 0.1) is 6.92 Å². The molecular formula is C31H28ClN3O2S. The summed E-state index contributed by atoms with van der Waals surface area (Å²) in [6.45, 7) is 3.50. The van der Waals surface area contributed by atoms with Gasteiger partial charge < -0.3 is 14.2 Å². The molecule has 0 saturated carbocycles. The van der Waals surface area contributed by atoms with Crippen molar-refractivity contribution in [3.8, 4) is 17.1 Å². The Bertz CT molecular complexity index is 1530. The average Bonchev–Trinajstić information content (AvgIpc) is 3.53. The smallest absolute Gasteiger partial charge is 0.255 e. The van der Waals surface area contributed by atoms with Gasteiger partial charge in [-0.25, -0.2) is 4.98 Å². The van der Waals surface area contributed by atoms with Crippen molar-refractivity contribution in [2.45, 2.75) is 26.6 Å². The predicted molar refractivity (Wildman–Crippen MR) is 154 cm³/mol. The van der Waals surface area contributed by atoms with E-state index in [1.54, 1.807) is 11.0 Å². The number of halogens is 1. The highest BCUT2D eigenvalue weighted by atomic mass is 35.5. The predicted octanol–water partition coefficient (Wildman–Crippen LogP) is 7.47. The zero-order chi connectivity index (χ0) is 26.5. The first-order chi connectivity index (χ1) is 18.5. The summed E-state index contributed by atoms with van der Waals surface area (Å²) in [5.41, 5.74) is 5.56. The van der Waals surface area contributed by atoms with E-state index in [1.807, 2.05) is 92.1 Å². The van der Waals surface area contributed by atoms with E-state index in [0.717, 1.165) is 33.2 Å². The SMILES string of the molecule is Cc1c(C(=O)N(C)Cc2ccccc2)cc(-c2csc(COc3ccccc3Cl)n2)n1Cc1ccccc1. The van der Waals surface area contributed by atoms with E-state index >= 15 is 0 Å². The number of rotatable bonds is 9. The molecule has 0 aliphatic carbocycles. The summed E-state index contributed by atoms with van der Waals surface area (Å²) >= 11 is 7.76. The molecule has 0 fully saturated rings. The molecule has 0 radical (unpaired) electrons. The van der Waals surface area contributed by atoms with Crippen molar-refractivity contribution in [1.82, 2.24) is 14.5 Å². The minimum Gasteiger partial charge on any atom is -0.485 e. The van der Waals surface area contributed by atoms with Gasteiger partial charge in [0, 0.05) is 31.2 Å². The molecule has 0 aliphatic rings. The molecule has 7 heteroatoms. The molecule has 0 aliphatic heterocycles. The molecule has 2 aromatic heterocycles. The Balaban J connectivity index is 1.44. The summed E-state index contributed by atoms with van der Waals surface area (Å²) in [5.74, 6) is 0.612. The second-order valence-electron chi connectivity index (χ2n) is 9.09. The fraction of sp³-hybridized carbons (Fsp3) is 0.161. The van der Waals surface area contributed by atoms with Crippen LogP contribution in [0.4, 0.5) is 0 Å². The first-order valence-corrected chi connectivity index (χ1v) is 13.6. The van der Waals surface area contributed by atoms with Crippen LogP contribution in [0.1, 0.15) is 32.2 Å². The third-order valence-electron chi connectivity index (χ3n) is 6.39. The maximum atomic E-state index is 13.6. The summed E-state index contributed by atoms with van der Waals surface area (Å²) in [6, 6.07) is 29.6. The summed E-state index contributed by atoms with van der Waals surface area (Å²) in [4.78, 5) is 20.2. The number of para-hydroxylation sites is 1. The van der Waals surface area contributed by atoms with Gasteiger partial charge in [-0.3, -0.25) is 4.79 Å². The Morgan fingerprint density at radius 2 is 1.63 bits per heavy atom. The number of carbonyl (C=O) groups excluding carboxylic acids is 1. The van der Waals surface area contributed by atoms with Crippen molar-refractivity contribution in [2.24, 2.45) is 0 Å². The quantitative estimate of drug-likeness (QED) is 0.194. The molecule has 0 atom stereocenters. The minimum absolute atomic E-state index is 0.0167. The lowest BCUT2D eigenvalue weighted by molar-refractivity contribution is 0.0784. The van der Waals surface area contributed by atoms with E-state index in [9.17, 15) is 4.79 Å². The summed E-state index contributed by atoms with van der Waals surface area (Å²) in [5, 5.41) is 3.42. The number of hydrogen-bond acceptors (Lipinski definition) is 4. The van der Waals surface area contributed by atoms with Crippen molar-refractivity contribution >= 4 is 28.8 Å². The van der Waals surface area contributed by atoms with E-state index in [-0.39, 0.29) is 5.91 Å². The Morgan fingerprint density at radius 1 is 0.974 bits per heavy atom. The average molecular weight is 542 g/mol. The fourth-order valence-electron chi connectivity index (χ4n) is 4.37. The highest BCUT2D eigenvalue weighted by Crippen LogP contribution is 2.30. The maximum Gasteiger partial charge on any atom is 0.255 e. The van der Waals surface area contributed by atoms with E-state index < -0.39 is 0 Å². The molecule has 38 heavy (non-hydrogen) atoms. The van der Waals surface area contributed by atoms with E-state index in [1.165, 1.54) is 11.3 Å². The van der Waals surface area contributed by atoms with Crippen LogP contribution >= 0.6 is 22.9 Å². The molecule has 0 spiro atoms. The molecular weight excluding hydrogens is 514 g/mol. The van der Waals surface area contributed by atoms with E-state index in [4.69, 9.17) is 21.3 Å². The van der Waals surface area contributed by atoms with Crippen LogP contribution in [-0.4, -0.2) is 27.4 Å². The van der Waals surface area contributed by atoms with Crippen LogP contribution in [0.15, 0.2) is 96.4 Å². The van der Waals surface area contributed by atoms with E-state index in [2.05, 4.69) is 16.7 Å². The molecule has 1 amide bonds. The Morgan fingerprint density at radius 3 is 2.34 bits per heavy atom. The largest absolute Gasteiger partial charge is 0.485 e. The Labute approximate surface area is 231 Å². The number of aromatic nitrogens is 2. The van der Waals surface area contributed by atoms with Gasteiger partial charge in [-0.1, -0.05) is 84.4 Å². The van der Waals surface area contributed by atoms with Crippen molar-refractivity contribution in [3.63, 3.8) is 0 Å². The summed E-state index contributed by atoms with van der Waals surface area (Å²) in [6.07, 6.45) is 0. The first-order valence-electron chi connectivity index (χ1n) is 12.3. The maximum absolute atomic E-state index is 13.6. The van der Waals surface area contributed by atoms with Gasteiger partial charge >= 0.3 is 0 Å². The zero-order valence-electron chi connectivity index (χ0n) is 21.3. The molecule has 5 aromatic rings. The second-order valence-corrected chi connectivity index (χ2v) is 10.4. The highest BCUT2D eigenvalue weighted by Gasteiger charge is 2.23. The number of amides is 1. The summed E-state index contributed by atoms with van der Waals surface area (Å²) in [7, 11) is 1.84. The molecule has 0 saturated heterocycles. The van der Waals surface area contributed by atoms with Crippen LogP contribution in [0.5, 0.6) is 5.75 Å². The third-order valence-corrected chi connectivity index (χ3v) is 7.53. The minimum atomic E-state index is -0.0167. The summed E-state index contributed by atoms with van der Waals surface area (Å²) < 4.78 is 8.07. The van der Waals surface area contributed by atoms with E-state index in [0.29, 0.717) is 36.0 Å². The number of thiazole rings is 1. The van der Waals surface area contributed by atoms with Gasteiger partial charge in [0.2, 0.25) is 0 Å². The van der Waals surface area contributed by atoms with Crippen LogP contribution in [-0.2, 0) is 19.7 Å². The lowest BCUT2D eigenvalue weighted by Gasteiger charge is -2.17. The van der Waals surface area contributed by atoms with Crippen molar-refractivity contribution in [1.29, 1.82) is 0 Å². The number of benzene rings is 3. The van der Waals surface area contributed by atoms with Gasteiger partial charge in [0.1, 0.15) is 17.4 Å². The van der Waals surface area contributed by atoms with Crippen LogP contribution in [0.2, 0.25) is 5.02 Å². The van der Waals surface area contributed by atoms with Gasteiger partial charge in [0.15, 0.2) is 0 Å². The van der Waals surface area contributed by atoms with Gasteiger partial charge in [0.25, 0.3) is 5.91 Å². The topological polar surface area (TPSA) is 47.4 Å². The molecule has 0 N–H and O–H groups in total. The van der Waals surface area contributed by atoms with Gasteiger partial charge in [-0.05, 0) is 36.2 Å².